The number of fused-ring (bicyclic) bond motifs is 10. The van der Waals surface area contributed by atoms with Crippen LogP contribution in [0.5, 0.6) is 0 Å². The summed E-state index contributed by atoms with van der Waals surface area (Å²) < 4.78 is 9.23. The topological polar surface area (TPSA) is 56.7 Å². The molecular weight excluding hydrogens is 757 g/mol. The van der Waals surface area contributed by atoms with Gasteiger partial charge in [0.15, 0.2) is 17.5 Å². The van der Waals surface area contributed by atoms with Gasteiger partial charge < -0.3 is 8.98 Å². The molecule has 0 spiro atoms. The van der Waals surface area contributed by atoms with E-state index in [0.29, 0.717) is 17.5 Å². The quantitative estimate of drug-likeness (QED) is 0.174. The van der Waals surface area contributed by atoms with Crippen molar-refractivity contribution < 1.29 is 4.42 Å². The van der Waals surface area contributed by atoms with Crippen molar-refractivity contribution in [2.75, 3.05) is 0 Å². The standard InChI is InChI=1S/C57H34N4O/c1-2-12-35(13-3-1)37-22-25-39(26-23-37)55-58-56(43-27-24-36-14-4-5-16-40(36)30-43)60-57(59-55)44-33-50(53-47-20-10-11-21-51(47)62-52(53)34-44)61-49-32-42-18-7-6-17-41(42)31-48(49)46-29-28-38-15-8-9-19-45(38)54(46)61/h1-34H. The Bertz CT molecular complexity index is 3920. The van der Waals surface area contributed by atoms with Crippen LogP contribution in [0, 0.1) is 0 Å². The smallest absolute Gasteiger partial charge is 0.164 e. The summed E-state index contributed by atoms with van der Waals surface area (Å²) in [6.45, 7) is 0. The first-order chi connectivity index (χ1) is 30.7. The van der Waals surface area contributed by atoms with Crippen molar-refractivity contribution in [1.82, 2.24) is 19.5 Å². The Morgan fingerprint density at radius 2 is 0.887 bits per heavy atom. The Morgan fingerprint density at radius 1 is 0.323 bits per heavy atom. The first-order valence-electron chi connectivity index (χ1n) is 20.9. The number of nitrogens with zero attached hydrogens (tertiary/aromatic N) is 4. The second-order valence-electron chi connectivity index (χ2n) is 16.0. The van der Waals surface area contributed by atoms with Gasteiger partial charge in [-0.15, -0.1) is 0 Å². The van der Waals surface area contributed by atoms with Crippen LogP contribution < -0.4 is 0 Å². The van der Waals surface area contributed by atoms with E-state index in [0.717, 1.165) is 77.2 Å². The highest BCUT2D eigenvalue weighted by Crippen LogP contribution is 2.44. The van der Waals surface area contributed by atoms with Gasteiger partial charge in [-0.05, 0) is 74.5 Å². The molecule has 288 valence electrons. The normalized spacial score (nSPS) is 11.9. The fourth-order valence-corrected chi connectivity index (χ4v) is 9.39. The van der Waals surface area contributed by atoms with E-state index in [1.165, 1.54) is 32.3 Å². The molecule has 0 saturated heterocycles. The summed E-state index contributed by atoms with van der Waals surface area (Å²) in [5, 5.41) is 11.5. The van der Waals surface area contributed by atoms with Crippen LogP contribution in [0.2, 0.25) is 0 Å². The van der Waals surface area contributed by atoms with Crippen LogP contribution in [0.1, 0.15) is 0 Å². The molecule has 0 unspecified atom stereocenters. The molecule has 0 amide bonds. The van der Waals surface area contributed by atoms with Crippen LogP contribution in [-0.2, 0) is 0 Å². The van der Waals surface area contributed by atoms with Gasteiger partial charge in [0.1, 0.15) is 11.2 Å². The molecule has 0 aliphatic heterocycles. The van der Waals surface area contributed by atoms with E-state index in [4.69, 9.17) is 19.4 Å². The second kappa shape index (κ2) is 13.6. The highest BCUT2D eigenvalue weighted by Gasteiger charge is 2.23. The maximum atomic E-state index is 6.78. The van der Waals surface area contributed by atoms with Gasteiger partial charge in [0.05, 0.1) is 22.1 Å². The minimum atomic E-state index is 0.560. The van der Waals surface area contributed by atoms with E-state index in [2.05, 4.69) is 193 Å². The molecule has 0 radical (unpaired) electrons. The number of hydrogen-bond donors (Lipinski definition) is 0. The predicted molar refractivity (Wildman–Crippen MR) is 256 cm³/mol. The lowest BCUT2D eigenvalue weighted by atomic mass is 10.0. The molecule has 3 heterocycles. The van der Waals surface area contributed by atoms with Gasteiger partial charge >= 0.3 is 0 Å². The summed E-state index contributed by atoms with van der Waals surface area (Å²) in [6, 6.07) is 72.8. The summed E-state index contributed by atoms with van der Waals surface area (Å²) >= 11 is 0. The Hall–Kier alpha value is -8.41. The molecule has 62 heavy (non-hydrogen) atoms. The number of rotatable bonds is 5. The minimum absolute atomic E-state index is 0.560. The lowest BCUT2D eigenvalue weighted by Crippen LogP contribution is -2.02. The molecule has 13 aromatic rings. The van der Waals surface area contributed by atoms with Gasteiger partial charge in [0, 0.05) is 38.2 Å². The largest absolute Gasteiger partial charge is 0.456 e. The van der Waals surface area contributed by atoms with Crippen LogP contribution in [0.3, 0.4) is 0 Å². The predicted octanol–water partition coefficient (Wildman–Crippen LogP) is 15.0. The summed E-state index contributed by atoms with van der Waals surface area (Å²) in [7, 11) is 0. The highest BCUT2D eigenvalue weighted by molar-refractivity contribution is 6.22. The van der Waals surface area contributed by atoms with E-state index >= 15 is 0 Å². The van der Waals surface area contributed by atoms with Crippen molar-refractivity contribution in [3.63, 3.8) is 0 Å². The zero-order valence-electron chi connectivity index (χ0n) is 33.3. The molecule has 3 aromatic heterocycles. The summed E-state index contributed by atoms with van der Waals surface area (Å²) in [6.07, 6.45) is 0. The summed E-state index contributed by atoms with van der Waals surface area (Å²) in [5.41, 5.74) is 9.77. The fourth-order valence-electron chi connectivity index (χ4n) is 9.39. The summed E-state index contributed by atoms with van der Waals surface area (Å²) in [4.78, 5) is 15.8. The van der Waals surface area contributed by atoms with E-state index in [1.54, 1.807) is 0 Å². The average Bonchev–Trinajstić information content (AvgIpc) is 3.88. The molecule has 5 nitrogen and oxygen atoms in total. The number of furan rings is 1. The maximum Gasteiger partial charge on any atom is 0.164 e. The SMILES string of the molecule is c1ccc(-c2ccc(-c3nc(-c4ccc5ccccc5c4)nc(-c4cc(-n5c6cc7ccccc7cc6c6ccc7ccccc7c65)c5c(c4)oc4ccccc45)n3)cc2)cc1. The first-order valence-corrected chi connectivity index (χ1v) is 20.9. The zero-order valence-corrected chi connectivity index (χ0v) is 33.3. The Labute approximate surface area is 355 Å². The van der Waals surface area contributed by atoms with Gasteiger partial charge in [-0.25, -0.2) is 15.0 Å². The molecule has 0 bridgehead atoms. The first kappa shape index (κ1) is 34.5. The van der Waals surface area contributed by atoms with Crippen molar-refractivity contribution >= 4 is 76.1 Å². The van der Waals surface area contributed by atoms with Crippen LogP contribution in [0.15, 0.2) is 211 Å². The van der Waals surface area contributed by atoms with Crippen molar-refractivity contribution in [2.45, 2.75) is 0 Å². The second-order valence-corrected chi connectivity index (χ2v) is 16.0. The lowest BCUT2D eigenvalue weighted by molar-refractivity contribution is 0.669. The van der Waals surface area contributed by atoms with Gasteiger partial charge in [-0.3, -0.25) is 0 Å². The third kappa shape index (κ3) is 5.45. The average molecular weight is 791 g/mol. The molecule has 0 N–H and O–H groups in total. The summed E-state index contributed by atoms with van der Waals surface area (Å²) in [5.74, 6) is 1.76. The molecule has 5 heteroatoms. The van der Waals surface area contributed by atoms with Gasteiger partial charge in [-0.1, -0.05) is 170 Å². The van der Waals surface area contributed by atoms with E-state index < -0.39 is 0 Å². The molecule has 0 aliphatic rings. The van der Waals surface area contributed by atoms with Crippen LogP contribution in [-0.4, -0.2) is 19.5 Å². The molecule has 0 aliphatic carbocycles. The fraction of sp³-hybridized carbons (Fsp3) is 0. The van der Waals surface area contributed by atoms with Crippen LogP contribution in [0.4, 0.5) is 0 Å². The minimum Gasteiger partial charge on any atom is -0.456 e. The Morgan fingerprint density at radius 3 is 1.68 bits per heavy atom. The van der Waals surface area contributed by atoms with E-state index in [9.17, 15) is 0 Å². The van der Waals surface area contributed by atoms with Crippen molar-refractivity contribution in [3.8, 4) is 51.0 Å². The molecular formula is C57H34N4O. The van der Waals surface area contributed by atoms with Crippen molar-refractivity contribution in [2.24, 2.45) is 0 Å². The maximum absolute atomic E-state index is 6.78. The number of hydrogen-bond acceptors (Lipinski definition) is 4. The third-order valence-corrected chi connectivity index (χ3v) is 12.4. The molecule has 0 atom stereocenters. The van der Waals surface area contributed by atoms with Gasteiger partial charge in [0.25, 0.3) is 0 Å². The van der Waals surface area contributed by atoms with Crippen LogP contribution >= 0.6 is 0 Å². The molecule has 10 aromatic carbocycles. The van der Waals surface area contributed by atoms with E-state index in [-0.39, 0.29) is 0 Å². The van der Waals surface area contributed by atoms with Crippen molar-refractivity contribution in [3.05, 3.63) is 206 Å². The van der Waals surface area contributed by atoms with E-state index in [1.807, 2.05) is 18.2 Å². The van der Waals surface area contributed by atoms with Crippen molar-refractivity contribution in [1.29, 1.82) is 0 Å². The molecule has 0 saturated carbocycles. The van der Waals surface area contributed by atoms with Gasteiger partial charge in [0.2, 0.25) is 0 Å². The number of benzene rings is 10. The number of para-hydroxylation sites is 1. The Balaban J connectivity index is 1.11. The monoisotopic (exact) mass is 790 g/mol. The highest BCUT2D eigenvalue weighted by atomic mass is 16.3. The van der Waals surface area contributed by atoms with Crippen LogP contribution in [0.25, 0.3) is 127 Å². The molecule has 13 rings (SSSR count). The van der Waals surface area contributed by atoms with Gasteiger partial charge in [-0.2, -0.15) is 0 Å². The lowest BCUT2D eigenvalue weighted by Gasteiger charge is -2.14. The Kier molecular flexibility index (Phi) is 7.54. The number of aromatic nitrogens is 4. The zero-order chi connectivity index (χ0) is 40.7. The third-order valence-electron chi connectivity index (χ3n) is 12.4. The molecule has 0 fully saturated rings.